The zero-order valence-corrected chi connectivity index (χ0v) is 9.84. The summed E-state index contributed by atoms with van der Waals surface area (Å²) in [6, 6.07) is 5.02. The Morgan fingerprint density at radius 3 is 2.53 bits per heavy atom. The molecule has 0 spiro atoms. The second-order valence-corrected chi connectivity index (χ2v) is 4.13. The van der Waals surface area contributed by atoms with E-state index in [2.05, 4.69) is 25.6 Å². The number of nitrogen functional groups attached to an aromatic ring is 1. The SMILES string of the molecule is Nc1cc(-c2c(Br)cccc2C(F)(F)F)no1. The number of nitrogens with zero attached hydrogens (tertiary/aromatic N) is 1. The van der Waals surface area contributed by atoms with Crippen LogP contribution in [0.15, 0.2) is 33.3 Å². The molecule has 2 aromatic rings. The average molecular weight is 307 g/mol. The number of hydrogen-bond donors (Lipinski definition) is 1. The third-order valence-electron chi connectivity index (χ3n) is 2.10. The lowest BCUT2D eigenvalue weighted by Crippen LogP contribution is -2.07. The standard InChI is InChI=1S/C10H6BrF3N2O/c11-6-3-1-2-5(10(12,13)14)9(6)7-4-8(15)17-16-7/h1-4H,15H2. The van der Waals surface area contributed by atoms with Gasteiger partial charge in [0.2, 0.25) is 5.88 Å². The molecule has 1 aromatic heterocycles. The van der Waals surface area contributed by atoms with Crippen LogP contribution in [-0.2, 0) is 6.18 Å². The molecule has 0 bridgehead atoms. The molecule has 90 valence electrons. The molecule has 2 N–H and O–H groups in total. The van der Waals surface area contributed by atoms with Crippen LogP contribution in [-0.4, -0.2) is 5.16 Å². The highest BCUT2D eigenvalue weighted by molar-refractivity contribution is 9.10. The average Bonchev–Trinajstić information content (AvgIpc) is 2.63. The highest BCUT2D eigenvalue weighted by Gasteiger charge is 2.35. The maximum atomic E-state index is 12.8. The highest BCUT2D eigenvalue weighted by Crippen LogP contribution is 2.40. The first-order valence-electron chi connectivity index (χ1n) is 4.48. The number of nitrogens with two attached hydrogens (primary N) is 1. The van der Waals surface area contributed by atoms with E-state index < -0.39 is 11.7 Å². The van der Waals surface area contributed by atoms with Crippen molar-refractivity contribution in [2.24, 2.45) is 0 Å². The summed E-state index contributed by atoms with van der Waals surface area (Å²) < 4.78 is 43.3. The summed E-state index contributed by atoms with van der Waals surface area (Å²) >= 11 is 3.06. The van der Waals surface area contributed by atoms with Crippen molar-refractivity contribution in [3.05, 3.63) is 34.3 Å². The second-order valence-electron chi connectivity index (χ2n) is 3.27. The zero-order chi connectivity index (χ0) is 12.6. The maximum absolute atomic E-state index is 12.8. The first-order valence-corrected chi connectivity index (χ1v) is 5.27. The van der Waals surface area contributed by atoms with Crippen molar-refractivity contribution >= 4 is 21.8 Å². The molecular weight excluding hydrogens is 301 g/mol. The number of halogens is 4. The van der Waals surface area contributed by atoms with Crippen LogP contribution in [0.1, 0.15) is 5.56 Å². The summed E-state index contributed by atoms with van der Waals surface area (Å²) in [5.74, 6) is -0.0381. The van der Waals surface area contributed by atoms with Gasteiger partial charge in [-0.2, -0.15) is 13.2 Å². The summed E-state index contributed by atoms with van der Waals surface area (Å²) in [7, 11) is 0. The van der Waals surface area contributed by atoms with Gasteiger partial charge >= 0.3 is 6.18 Å². The highest BCUT2D eigenvalue weighted by atomic mass is 79.9. The molecule has 0 saturated carbocycles. The van der Waals surface area contributed by atoms with Crippen LogP contribution in [0, 0.1) is 0 Å². The van der Waals surface area contributed by atoms with Crippen LogP contribution in [0.5, 0.6) is 0 Å². The molecule has 2 rings (SSSR count). The molecule has 3 nitrogen and oxygen atoms in total. The lowest BCUT2D eigenvalue weighted by Gasteiger charge is -2.12. The molecule has 0 aliphatic rings. The van der Waals surface area contributed by atoms with Gasteiger partial charge in [-0.3, -0.25) is 0 Å². The quantitative estimate of drug-likeness (QED) is 0.874. The molecule has 0 fully saturated rings. The molecule has 1 aromatic carbocycles. The van der Waals surface area contributed by atoms with Crippen molar-refractivity contribution < 1.29 is 17.7 Å². The summed E-state index contributed by atoms with van der Waals surface area (Å²) in [5, 5.41) is 3.49. The van der Waals surface area contributed by atoms with Gasteiger partial charge in [-0.25, -0.2) is 0 Å². The minimum Gasteiger partial charge on any atom is -0.368 e. The van der Waals surface area contributed by atoms with Gasteiger partial charge in [-0.05, 0) is 12.1 Å². The van der Waals surface area contributed by atoms with Crippen LogP contribution in [0.4, 0.5) is 19.1 Å². The number of aromatic nitrogens is 1. The molecule has 17 heavy (non-hydrogen) atoms. The topological polar surface area (TPSA) is 52.0 Å². The number of alkyl halides is 3. The van der Waals surface area contributed by atoms with Crippen molar-refractivity contribution in [3.63, 3.8) is 0 Å². The molecule has 0 amide bonds. The lowest BCUT2D eigenvalue weighted by molar-refractivity contribution is -0.137. The van der Waals surface area contributed by atoms with E-state index in [0.29, 0.717) is 0 Å². The summed E-state index contributed by atoms with van der Waals surface area (Å²) in [6.07, 6.45) is -4.47. The predicted octanol–water partition coefficient (Wildman–Crippen LogP) is 3.71. The third-order valence-corrected chi connectivity index (χ3v) is 2.76. The fourth-order valence-corrected chi connectivity index (χ4v) is 2.00. The molecule has 0 aliphatic carbocycles. The Balaban J connectivity index is 2.67. The number of hydrogen-bond acceptors (Lipinski definition) is 3. The molecular formula is C10H6BrF3N2O. The number of rotatable bonds is 1. The van der Waals surface area contributed by atoms with Gasteiger partial charge in [0, 0.05) is 16.1 Å². The molecule has 0 saturated heterocycles. The van der Waals surface area contributed by atoms with E-state index in [1.165, 1.54) is 18.2 Å². The van der Waals surface area contributed by atoms with Gasteiger partial charge in [0.1, 0.15) is 5.69 Å². The van der Waals surface area contributed by atoms with Crippen LogP contribution >= 0.6 is 15.9 Å². The molecule has 7 heteroatoms. The number of anilines is 1. The minimum absolute atomic E-state index is 0.0381. The van der Waals surface area contributed by atoms with E-state index in [1.807, 2.05) is 0 Å². The Morgan fingerprint density at radius 1 is 1.29 bits per heavy atom. The van der Waals surface area contributed by atoms with Gasteiger partial charge in [0.25, 0.3) is 0 Å². The largest absolute Gasteiger partial charge is 0.417 e. The van der Waals surface area contributed by atoms with Crippen molar-refractivity contribution in [3.8, 4) is 11.3 Å². The van der Waals surface area contributed by atoms with Crippen molar-refractivity contribution in [1.82, 2.24) is 5.16 Å². The Kier molecular flexibility index (Phi) is 2.86. The fraction of sp³-hybridized carbons (Fsp3) is 0.100. The van der Waals surface area contributed by atoms with E-state index in [-0.39, 0.29) is 21.6 Å². The second kappa shape index (κ2) is 4.06. The molecule has 1 heterocycles. The third kappa shape index (κ3) is 2.28. The summed E-state index contributed by atoms with van der Waals surface area (Å²) in [5.41, 5.74) is 4.47. The Morgan fingerprint density at radius 2 is 2.00 bits per heavy atom. The normalized spacial score (nSPS) is 11.8. The van der Waals surface area contributed by atoms with Crippen molar-refractivity contribution in [1.29, 1.82) is 0 Å². The summed E-state index contributed by atoms with van der Waals surface area (Å²) in [6.45, 7) is 0. The van der Waals surface area contributed by atoms with Crippen LogP contribution in [0.3, 0.4) is 0 Å². The Labute approximate surface area is 103 Å². The van der Waals surface area contributed by atoms with E-state index >= 15 is 0 Å². The van der Waals surface area contributed by atoms with Crippen LogP contribution in [0.25, 0.3) is 11.3 Å². The first kappa shape index (κ1) is 12.0. The lowest BCUT2D eigenvalue weighted by atomic mass is 10.0. The maximum Gasteiger partial charge on any atom is 0.417 e. The van der Waals surface area contributed by atoms with Gasteiger partial charge < -0.3 is 10.3 Å². The van der Waals surface area contributed by atoms with Gasteiger partial charge in [-0.1, -0.05) is 27.2 Å². The molecule has 0 aliphatic heterocycles. The van der Waals surface area contributed by atoms with E-state index in [1.54, 1.807) is 0 Å². The van der Waals surface area contributed by atoms with Gasteiger partial charge in [0.15, 0.2) is 0 Å². The van der Waals surface area contributed by atoms with E-state index in [9.17, 15) is 13.2 Å². The minimum atomic E-state index is -4.47. The Hall–Kier alpha value is -1.50. The zero-order valence-electron chi connectivity index (χ0n) is 8.25. The fourth-order valence-electron chi connectivity index (χ4n) is 1.43. The van der Waals surface area contributed by atoms with Gasteiger partial charge in [0.05, 0.1) is 5.56 Å². The monoisotopic (exact) mass is 306 g/mol. The smallest absolute Gasteiger partial charge is 0.368 e. The van der Waals surface area contributed by atoms with E-state index in [4.69, 9.17) is 5.73 Å². The van der Waals surface area contributed by atoms with Crippen LogP contribution < -0.4 is 5.73 Å². The molecule has 0 atom stereocenters. The number of benzene rings is 1. The van der Waals surface area contributed by atoms with Crippen molar-refractivity contribution in [2.45, 2.75) is 6.18 Å². The van der Waals surface area contributed by atoms with Crippen molar-refractivity contribution in [2.75, 3.05) is 5.73 Å². The molecule has 0 radical (unpaired) electrons. The van der Waals surface area contributed by atoms with Crippen LogP contribution in [0.2, 0.25) is 0 Å². The van der Waals surface area contributed by atoms with Gasteiger partial charge in [-0.15, -0.1) is 0 Å². The predicted molar refractivity (Wildman–Crippen MR) is 59.1 cm³/mol. The summed E-state index contributed by atoms with van der Waals surface area (Å²) in [4.78, 5) is 0. The molecule has 0 unspecified atom stereocenters. The Bertz CT molecular complexity index is 551. The van der Waals surface area contributed by atoms with E-state index in [0.717, 1.165) is 6.07 Å². The first-order chi connectivity index (χ1) is 7.89.